The molecule has 2 atom stereocenters. The van der Waals surface area contributed by atoms with Crippen molar-refractivity contribution in [1.29, 1.82) is 15.8 Å². The summed E-state index contributed by atoms with van der Waals surface area (Å²) in [5.41, 5.74) is 5.57. The molecule has 1 amide bonds. The number of nitriles is 3. The fraction of sp³-hybridized carbons (Fsp3) is 0.500. The molecule has 0 unspecified atom stereocenters. The molecule has 22 heavy (non-hydrogen) atoms. The quantitative estimate of drug-likeness (QED) is 0.779. The van der Waals surface area contributed by atoms with E-state index in [0.717, 1.165) is 5.57 Å². The molecule has 0 aromatic carbocycles. The largest absolute Gasteiger partial charge is 0.399 e. The monoisotopic (exact) mass is 295 g/mol. The summed E-state index contributed by atoms with van der Waals surface area (Å²) in [4.78, 5) is 13.3. The summed E-state index contributed by atoms with van der Waals surface area (Å²) in [7, 11) is 0. The van der Waals surface area contributed by atoms with Crippen molar-refractivity contribution in [2.75, 3.05) is 13.1 Å². The van der Waals surface area contributed by atoms with E-state index in [1.165, 1.54) is 6.92 Å². The van der Waals surface area contributed by atoms with Crippen LogP contribution in [0.25, 0.3) is 0 Å². The zero-order valence-electron chi connectivity index (χ0n) is 12.6. The van der Waals surface area contributed by atoms with E-state index in [-0.39, 0.29) is 29.0 Å². The molecule has 1 aliphatic heterocycles. The molecule has 0 spiro atoms. The number of fused-ring (bicyclic) bond motifs is 1. The Balaban J connectivity index is 2.69. The van der Waals surface area contributed by atoms with Crippen LogP contribution < -0.4 is 5.73 Å². The van der Waals surface area contributed by atoms with Crippen LogP contribution in [0.1, 0.15) is 20.3 Å². The summed E-state index contributed by atoms with van der Waals surface area (Å²) in [5.74, 6) is -0.623. The van der Waals surface area contributed by atoms with E-state index in [0.29, 0.717) is 19.5 Å². The van der Waals surface area contributed by atoms with E-state index in [4.69, 9.17) is 5.73 Å². The van der Waals surface area contributed by atoms with Gasteiger partial charge in [-0.1, -0.05) is 13.0 Å². The molecule has 2 rings (SSSR count). The lowest BCUT2D eigenvalue weighted by atomic mass is 9.59. The van der Waals surface area contributed by atoms with Crippen LogP contribution in [-0.4, -0.2) is 23.9 Å². The highest BCUT2D eigenvalue weighted by molar-refractivity contribution is 5.74. The smallest absolute Gasteiger partial charge is 0.219 e. The molecule has 0 saturated carbocycles. The minimum absolute atomic E-state index is 0.0469. The van der Waals surface area contributed by atoms with Crippen LogP contribution in [0.15, 0.2) is 22.9 Å². The van der Waals surface area contributed by atoms with Crippen LogP contribution in [0.4, 0.5) is 0 Å². The van der Waals surface area contributed by atoms with Crippen LogP contribution in [0, 0.1) is 51.2 Å². The maximum atomic E-state index is 11.6. The first-order valence-electron chi connectivity index (χ1n) is 7.15. The molecule has 0 radical (unpaired) electrons. The summed E-state index contributed by atoms with van der Waals surface area (Å²) in [5, 5.41) is 28.6. The lowest BCUT2D eigenvalue weighted by Gasteiger charge is -2.45. The Labute approximate surface area is 129 Å². The average molecular weight is 295 g/mol. The Kier molecular flexibility index (Phi) is 3.93. The lowest BCUT2D eigenvalue weighted by Crippen LogP contribution is -2.49. The van der Waals surface area contributed by atoms with Crippen LogP contribution >= 0.6 is 0 Å². The van der Waals surface area contributed by atoms with Crippen LogP contribution in [0.3, 0.4) is 0 Å². The fourth-order valence-electron chi connectivity index (χ4n) is 3.54. The number of hydrogen-bond acceptors (Lipinski definition) is 5. The first-order valence-corrected chi connectivity index (χ1v) is 7.15. The molecular weight excluding hydrogens is 278 g/mol. The maximum absolute atomic E-state index is 11.6. The molecule has 2 N–H and O–H groups in total. The van der Waals surface area contributed by atoms with Gasteiger partial charge in [0.25, 0.3) is 0 Å². The number of nitrogens with two attached hydrogens (primary N) is 1. The van der Waals surface area contributed by atoms with Gasteiger partial charge in [-0.3, -0.25) is 4.79 Å². The van der Waals surface area contributed by atoms with E-state index in [9.17, 15) is 20.6 Å². The summed E-state index contributed by atoms with van der Waals surface area (Å²) < 4.78 is 0. The third-order valence-corrected chi connectivity index (χ3v) is 4.72. The van der Waals surface area contributed by atoms with Gasteiger partial charge in [0.2, 0.25) is 5.91 Å². The number of carbonyl (C=O) groups is 1. The molecule has 0 bridgehead atoms. The van der Waals surface area contributed by atoms with Crippen LogP contribution in [0.2, 0.25) is 0 Å². The Hall–Kier alpha value is -2.78. The highest BCUT2D eigenvalue weighted by atomic mass is 16.2. The Morgan fingerprint density at radius 3 is 2.55 bits per heavy atom. The number of nitrogens with zero attached hydrogens (tertiary/aromatic N) is 4. The minimum Gasteiger partial charge on any atom is -0.399 e. The summed E-state index contributed by atoms with van der Waals surface area (Å²) in [6, 6.07) is 6.11. The van der Waals surface area contributed by atoms with Crippen molar-refractivity contribution in [2.24, 2.45) is 23.0 Å². The van der Waals surface area contributed by atoms with Crippen molar-refractivity contribution in [1.82, 2.24) is 4.90 Å². The molecule has 6 nitrogen and oxygen atoms in total. The van der Waals surface area contributed by atoms with E-state index in [1.54, 1.807) is 4.90 Å². The first kappa shape index (κ1) is 15.6. The van der Waals surface area contributed by atoms with Crippen molar-refractivity contribution in [3.05, 3.63) is 22.9 Å². The van der Waals surface area contributed by atoms with Gasteiger partial charge in [0.15, 0.2) is 5.41 Å². The van der Waals surface area contributed by atoms with Crippen molar-refractivity contribution in [3.63, 3.8) is 0 Å². The van der Waals surface area contributed by atoms with Gasteiger partial charge in [-0.05, 0) is 12.0 Å². The molecule has 112 valence electrons. The molecular formula is C16H17N5O. The molecule has 0 aromatic heterocycles. The van der Waals surface area contributed by atoms with Gasteiger partial charge in [-0.15, -0.1) is 0 Å². The van der Waals surface area contributed by atoms with Crippen molar-refractivity contribution in [3.8, 4) is 18.2 Å². The van der Waals surface area contributed by atoms with Crippen LogP contribution in [0.5, 0.6) is 0 Å². The predicted octanol–water partition coefficient (Wildman–Crippen LogP) is 1.20. The molecule has 0 aromatic rings. The predicted molar refractivity (Wildman–Crippen MR) is 78.1 cm³/mol. The average Bonchev–Trinajstić information content (AvgIpc) is 2.53. The minimum atomic E-state index is -1.51. The summed E-state index contributed by atoms with van der Waals surface area (Å²) >= 11 is 0. The van der Waals surface area contributed by atoms with Gasteiger partial charge in [0.05, 0.1) is 23.4 Å². The Bertz CT molecular complexity index is 684. The highest BCUT2D eigenvalue weighted by Crippen LogP contribution is 2.50. The second kappa shape index (κ2) is 5.54. The van der Waals surface area contributed by atoms with Gasteiger partial charge < -0.3 is 10.6 Å². The molecule has 6 heteroatoms. The number of hydrogen-bond donors (Lipinski definition) is 1. The third kappa shape index (κ3) is 1.95. The van der Waals surface area contributed by atoms with Crippen LogP contribution in [-0.2, 0) is 4.79 Å². The standard InChI is InChI=1S/C16H17N5O/c1-3-14-13-7-21(10(2)22)5-4-11(13)12(6-17)15(20)16(14,8-18)9-19/h4,13-14H,3,5,7,20H2,1-2H3/t13-,14+/m1/s1. The van der Waals surface area contributed by atoms with Crippen molar-refractivity contribution >= 4 is 5.91 Å². The molecule has 0 saturated heterocycles. The summed E-state index contributed by atoms with van der Waals surface area (Å²) in [6.45, 7) is 4.20. The van der Waals surface area contributed by atoms with E-state index >= 15 is 0 Å². The van der Waals surface area contributed by atoms with Crippen molar-refractivity contribution in [2.45, 2.75) is 20.3 Å². The molecule has 2 aliphatic rings. The van der Waals surface area contributed by atoms with Gasteiger partial charge >= 0.3 is 0 Å². The van der Waals surface area contributed by atoms with Gasteiger partial charge in [-0.2, -0.15) is 15.8 Å². The van der Waals surface area contributed by atoms with E-state index < -0.39 is 5.41 Å². The Morgan fingerprint density at radius 2 is 2.09 bits per heavy atom. The molecule has 1 heterocycles. The zero-order chi connectivity index (χ0) is 16.5. The van der Waals surface area contributed by atoms with Gasteiger partial charge in [0.1, 0.15) is 6.07 Å². The van der Waals surface area contributed by atoms with E-state index in [1.807, 2.05) is 31.2 Å². The number of amides is 1. The second-order valence-corrected chi connectivity index (χ2v) is 5.64. The number of rotatable bonds is 1. The third-order valence-electron chi connectivity index (χ3n) is 4.72. The zero-order valence-corrected chi connectivity index (χ0v) is 12.6. The Morgan fingerprint density at radius 1 is 1.45 bits per heavy atom. The second-order valence-electron chi connectivity index (χ2n) is 5.64. The number of allylic oxidation sites excluding steroid dienone is 2. The normalized spacial score (nSPS) is 26.1. The lowest BCUT2D eigenvalue weighted by molar-refractivity contribution is -0.129. The van der Waals surface area contributed by atoms with Gasteiger partial charge in [0, 0.05) is 31.8 Å². The number of carbonyl (C=O) groups excluding carboxylic acids is 1. The molecule has 1 aliphatic carbocycles. The van der Waals surface area contributed by atoms with Crippen molar-refractivity contribution < 1.29 is 4.79 Å². The highest BCUT2D eigenvalue weighted by Gasteiger charge is 2.53. The topological polar surface area (TPSA) is 118 Å². The summed E-state index contributed by atoms with van der Waals surface area (Å²) in [6.07, 6.45) is 2.39. The van der Waals surface area contributed by atoms with E-state index in [2.05, 4.69) is 0 Å². The SMILES string of the molecule is CC[C@H]1[C@@H]2CN(C(C)=O)CC=C2C(C#N)=C(N)C1(C#N)C#N. The fourth-order valence-corrected chi connectivity index (χ4v) is 3.54. The van der Waals surface area contributed by atoms with Gasteiger partial charge in [-0.25, -0.2) is 0 Å². The first-order chi connectivity index (χ1) is 10.5. The maximum Gasteiger partial charge on any atom is 0.219 e. The molecule has 0 fully saturated rings.